The summed E-state index contributed by atoms with van der Waals surface area (Å²) in [7, 11) is 0. The molecule has 1 aliphatic carbocycles. The van der Waals surface area contributed by atoms with Crippen molar-refractivity contribution in [2.45, 2.75) is 110 Å². The van der Waals surface area contributed by atoms with E-state index in [2.05, 4.69) is 60.5 Å². The Morgan fingerprint density at radius 2 is 1.26 bits per heavy atom. The number of nitrogens with zero attached hydrogens (tertiary/aromatic N) is 2. The van der Waals surface area contributed by atoms with Crippen molar-refractivity contribution in [3.8, 4) is 11.4 Å². The Labute approximate surface area is 191 Å². The molecule has 1 heterocycles. The lowest BCUT2D eigenvalue weighted by Gasteiger charge is -2.28. The SMILES string of the molecule is CCCCCCCc1ccc(-c2ncc(CC[C@H]3CC[C@H](CCCC)CC3)cn2)cc1. The minimum Gasteiger partial charge on any atom is -0.236 e. The van der Waals surface area contributed by atoms with Crippen LogP contribution < -0.4 is 0 Å². The predicted octanol–water partition coefficient (Wildman–Crippen LogP) is 8.59. The van der Waals surface area contributed by atoms with E-state index in [1.165, 1.54) is 101 Å². The fourth-order valence-electron chi connectivity index (χ4n) is 5.06. The third-order valence-electron chi connectivity index (χ3n) is 7.26. The first-order valence-electron chi connectivity index (χ1n) is 13.2. The van der Waals surface area contributed by atoms with Gasteiger partial charge in [0, 0.05) is 18.0 Å². The summed E-state index contributed by atoms with van der Waals surface area (Å²) in [6.45, 7) is 4.58. The van der Waals surface area contributed by atoms with Gasteiger partial charge < -0.3 is 0 Å². The molecule has 0 saturated heterocycles. The Morgan fingerprint density at radius 1 is 0.645 bits per heavy atom. The normalized spacial score (nSPS) is 18.9. The van der Waals surface area contributed by atoms with Crippen molar-refractivity contribution in [2.24, 2.45) is 11.8 Å². The standard InChI is InChI=1S/C29H44N2/c1-3-5-7-8-9-11-25-18-20-28(21-19-25)29-30-22-27(23-31-29)17-16-26-14-12-24(13-15-26)10-6-4-2/h18-24,26H,3-17H2,1-2H3/t24-,26-. The van der Waals surface area contributed by atoms with Crippen molar-refractivity contribution >= 4 is 0 Å². The zero-order valence-corrected chi connectivity index (χ0v) is 20.1. The van der Waals surface area contributed by atoms with E-state index in [-0.39, 0.29) is 0 Å². The molecule has 1 aromatic heterocycles. The van der Waals surface area contributed by atoms with Gasteiger partial charge in [-0.1, -0.05) is 109 Å². The molecule has 0 N–H and O–H groups in total. The molecule has 0 amide bonds. The van der Waals surface area contributed by atoms with Crippen LogP contribution in [0.1, 0.15) is 108 Å². The van der Waals surface area contributed by atoms with Crippen LogP contribution in [-0.4, -0.2) is 9.97 Å². The number of aryl methyl sites for hydroxylation is 2. The number of hydrogen-bond acceptors (Lipinski definition) is 2. The molecule has 3 rings (SSSR count). The molecule has 0 bridgehead atoms. The number of benzene rings is 1. The second-order valence-corrected chi connectivity index (χ2v) is 9.84. The van der Waals surface area contributed by atoms with Crippen LogP contribution in [-0.2, 0) is 12.8 Å². The fourth-order valence-corrected chi connectivity index (χ4v) is 5.06. The lowest BCUT2D eigenvalue weighted by molar-refractivity contribution is 0.250. The Hall–Kier alpha value is -1.70. The monoisotopic (exact) mass is 420 g/mol. The first-order valence-corrected chi connectivity index (χ1v) is 13.2. The molecule has 0 atom stereocenters. The number of hydrogen-bond donors (Lipinski definition) is 0. The van der Waals surface area contributed by atoms with Crippen molar-refractivity contribution in [2.75, 3.05) is 0 Å². The molecule has 0 spiro atoms. The minimum absolute atomic E-state index is 0.856. The second-order valence-electron chi connectivity index (χ2n) is 9.84. The summed E-state index contributed by atoms with van der Waals surface area (Å²) in [5, 5.41) is 0. The summed E-state index contributed by atoms with van der Waals surface area (Å²) in [6.07, 6.45) is 24.4. The summed E-state index contributed by atoms with van der Waals surface area (Å²) < 4.78 is 0. The van der Waals surface area contributed by atoms with Crippen LogP contribution >= 0.6 is 0 Å². The summed E-state index contributed by atoms with van der Waals surface area (Å²) >= 11 is 0. The maximum absolute atomic E-state index is 4.67. The van der Waals surface area contributed by atoms with E-state index >= 15 is 0 Å². The van der Waals surface area contributed by atoms with Gasteiger partial charge in [-0.15, -0.1) is 0 Å². The summed E-state index contributed by atoms with van der Waals surface area (Å²) in [5.74, 6) is 2.77. The van der Waals surface area contributed by atoms with E-state index in [0.29, 0.717) is 0 Å². The Morgan fingerprint density at radius 3 is 1.90 bits per heavy atom. The lowest BCUT2D eigenvalue weighted by atomic mass is 9.78. The Balaban J connectivity index is 1.40. The molecule has 31 heavy (non-hydrogen) atoms. The molecule has 0 unspecified atom stereocenters. The molecule has 0 aliphatic heterocycles. The van der Waals surface area contributed by atoms with E-state index < -0.39 is 0 Å². The van der Waals surface area contributed by atoms with Crippen molar-refractivity contribution in [1.82, 2.24) is 9.97 Å². The molecular weight excluding hydrogens is 376 g/mol. The molecule has 2 aromatic rings. The molecule has 2 nitrogen and oxygen atoms in total. The maximum atomic E-state index is 4.67. The van der Waals surface area contributed by atoms with Gasteiger partial charge in [0.2, 0.25) is 0 Å². The van der Waals surface area contributed by atoms with Crippen LogP contribution in [0.25, 0.3) is 11.4 Å². The topological polar surface area (TPSA) is 25.8 Å². The smallest absolute Gasteiger partial charge is 0.159 e. The van der Waals surface area contributed by atoms with Gasteiger partial charge in [-0.2, -0.15) is 0 Å². The van der Waals surface area contributed by atoms with Crippen molar-refractivity contribution in [3.63, 3.8) is 0 Å². The summed E-state index contributed by atoms with van der Waals surface area (Å²) in [4.78, 5) is 9.35. The highest BCUT2D eigenvalue weighted by molar-refractivity contribution is 5.55. The number of rotatable bonds is 13. The third kappa shape index (κ3) is 8.39. The minimum atomic E-state index is 0.856. The molecule has 2 heteroatoms. The van der Waals surface area contributed by atoms with Crippen LogP contribution in [0.5, 0.6) is 0 Å². The van der Waals surface area contributed by atoms with E-state index in [1.807, 2.05) is 0 Å². The van der Waals surface area contributed by atoms with Gasteiger partial charge in [0.1, 0.15) is 0 Å². The average molecular weight is 421 g/mol. The highest BCUT2D eigenvalue weighted by Gasteiger charge is 2.20. The number of aromatic nitrogens is 2. The van der Waals surface area contributed by atoms with Gasteiger partial charge in [0.25, 0.3) is 0 Å². The zero-order valence-electron chi connectivity index (χ0n) is 20.1. The number of unbranched alkanes of at least 4 members (excludes halogenated alkanes) is 5. The van der Waals surface area contributed by atoms with Crippen LogP contribution in [0.2, 0.25) is 0 Å². The molecule has 1 aliphatic rings. The molecule has 1 fully saturated rings. The van der Waals surface area contributed by atoms with Crippen molar-refractivity contribution in [3.05, 3.63) is 47.8 Å². The van der Waals surface area contributed by atoms with Gasteiger partial charge in [-0.3, -0.25) is 0 Å². The quantitative estimate of drug-likeness (QED) is 0.303. The third-order valence-corrected chi connectivity index (χ3v) is 7.26. The highest BCUT2D eigenvalue weighted by Crippen LogP contribution is 2.34. The lowest BCUT2D eigenvalue weighted by Crippen LogP contribution is -2.15. The highest BCUT2D eigenvalue weighted by atomic mass is 14.9. The van der Waals surface area contributed by atoms with Crippen LogP contribution in [0.4, 0.5) is 0 Å². The average Bonchev–Trinajstić information content (AvgIpc) is 2.83. The first-order chi connectivity index (χ1) is 15.3. The Kier molecular flexibility index (Phi) is 10.6. The summed E-state index contributed by atoms with van der Waals surface area (Å²) in [5.41, 5.74) is 3.86. The fraction of sp³-hybridized carbons (Fsp3) is 0.655. The Bertz CT molecular complexity index is 711. The molecular formula is C29H44N2. The maximum Gasteiger partial charge on any atom is 0.159 e. The van der Waals surface area contributed by atoms with Gasteiger partial charge in [-0.25, -0.2) is 9.97 Å². The van der Waals surface area contributed by atoms with E-state index in [4.69, 9.17) is 0 Å². The van der Waals surface area contributed by atoms with Gasteiger partial charge in [0.15, 0.2) is 5.82 Å². The van der Waals surface area contributed by atoms with Crippen molar-refractivity contribution < 1.29 is 0 Å². The predicted molar refractivity (Wildman–Crippen MR) is 133 cm³/mol. The largest absolute Gasteiger partial charge is 0.236 e. The van der Waals surface area contributed by atoms with E-state index in [0.717, 1.165) is 29.6 Å². The zero-order chi connectivity index (χ0) is 21.7. The first kappa shape index (κ1) is 24.0. The van der Waals surface area contributed by atoms with Crippen LogP contribution in [0.15, 0.2) is 36.7 Å². The molecule has 1 saturated carbocycles. The second kappa shape index (κ2) is 13.7. The molecule has 1 aromatic carbocycles. The van der Waals surface area contributed by atoms with Crippen molar-refractivity contribution in [1.29, 1.82) is 0 Å². The van der Waals surface area contributed by atoms with Gasteiger partial charge >= 0.3 is 0 Å². The molecule has 170 valence electrons. The summed E-state index contributed by atoms with van der Waals surface area (Å²) in [6, 6.07) is 8.88. The van der Waals surface area contributed by atoms with E-state index in [9.17, 15) is 0 Å². The van der Waals surface area contributed by atoms with Crippen LogP contribution in [0.3, 0.4) is 0 Å². The van der Waals surface area contributed by atoms with Gasteiger partial charge in [-0.05, 0) is 48.6 Å². The van der Waals surface area contributed by atoms with Crippen LogP contribution in [0, 0.1) is 11.8 Å². The van der Waals surface area contributed by atoms with Gasteiger partial charge in [0.05, 0.1) is 0 Å². The molecule has 0 radical (unpaired) electrons. The van der Waals surface area contributed by atoms with E-state index in [1.54, 1.807) is 0 Å².